The Kier molecular flexibility index (Phi) is 13.2. The third kappa shape index (κ3) is 9.74. The van der Waals surface area contributed by atoms with E-state index < -0.39 is 29.5 Å². The van der Waals surface area contributed by atoms with Gasteiger partial charge in [0.1, 0.15) is 23.7 Å². The van der Waals surface area contributed by atoms with Gasteiger partial charge in [-0.3, -0.25) is 9.59 Å². The molecule has 0 aliphatic rings. The summed E-state index contributed by atoms with van der Waals surface area (Å²) in [5, 5.41) is 6.82. The Bertz CT molecular complexity index is 833. The van der Waals surface area contributed by atoms with Crippen LogP contribution in [-0.4, -0.2) is 40.4 Å². The van der Waals surface area contributed by atoms with Gasteiger partial charge in [0, 0.05) is 3.92 Å². The normalized spacial score (nSPS) is 11.3. The number of aryl methyl sites for hydroxylation is 2. The Labute approximate surface area is 194 Å². The summed E-state index contributed by atoms with van der Waals surface area (Å²) in [6, 6.07) is 0. The highest BCUT2D eigenvalue weighted by Gasteiger charge is 2.32. The van der Waals surface area contributed by atoms with E-state index >= 15 is 0 Å². The lowest BCUT2D eigenvalue weighted by Crippen LogP contribution is -2.20. The number of ether oxygens (including phenoxy) is 2. The molecule has 0 aromatic carbocycles. The Balaban J connectivity index is 0.000000504. The molecule has 0 fully saturated rings. The molecule has 1 atom stereocenters. The van der Waals surface area contributed by atoms with Crippen molar-refractivity contribution >= 4 is 34.5 Å². The van der Waals surface area contributed by atoms with E-state index in [-0.39, 0.29) is 35.2 Å². The van der Waals surface area contributed by atoms with Gasteiger partial charge in [-0.2, -0.15) is 0 Å². The van der Waals surface area contributed by atoms with Crippen LogP contribution in [0.4, 0.5) is 8.78 Å². The number of carbonyl (C=O) groups is 2. The van der Waals surface area contributed by atoms with Gasteiger partial charge in [0.15, 0.2) is 23.2 Å². The second kappa shape index (κ2) is 14.1. The van der Waals surface area contributed by atoms with E-state index in [2.05, 4.69) is 60.7 Å². The van der Waals surface area contributed by atoms with Crippen LogP contribution in [0.5, 0.6) is 0 Å². The first-order valence-corrected chi connectivity index (χ1v) is 10.6. The molecule has 2 heterocycles. The van der Waals surface area contributed by atoms with Crippen LogP contribution in [0, 0.1) is 31.4 Å². The highest BCUT2D eigenvalue weighted by atomic mass is 127. The first kappa shape index (κ1) is 28.9. The van der Waals surface area contributed by atoms with Gasteiger partial charge < -0.3 is 18.5 Å². The van der Waals surface area contributed by atoms with Crippen LogP contribution in [0.3, 0.4) is 0 Å². The summed E-state index contributed by atoms with van der Waals surface area (Å²) in [5.41, 5.74) is 0.299. The SMILES string of the molecule is CC(C)I.COC(=O)C(c1onc(C)c1F)C(C)C.COC(=O)Cc1onc(C)c1F. The summed E-state index contributed by atoms with van der Waals surface area (Å²) in [6.07, 6.45) is -0.219. The highest BCUT2D eigenvalue weighted by Crippen LogP contribution is 2.29. The zero-order chi connectivity index (χ0) is 24.3. The quantitative estimate of drug-likeness (QED) is 0.296. The molecule has 0 aliphatic carbocycles. The van der Waals surface area contributed by atoms with Crippen LogP contribution < -0.4 is 0 Å². The van der Waals surface area contributed by atoms with Crippen molar-refractivity contribution in [3.8, 4) is 0 Å². The molecule has 0 N–H and O–H groups in total. The topological polar surface area (TPSA) is 105 Å². The van der Waals surface area contributed by atoms with E-state index in [4.69, 9.17) is 4.52 Å². The molecule has 11 heteroatoms. The first-order valence-electron chi connectivity index (χ1n) is 9.38. The molecule has 0 aliphatic heterocycles. The lowest BCUT2D eigenvalue weighted by atomic mass is 9.93. The van der Waals surface area contributed by atoms with Gasteiger partial charge in [-0.1, -0.05) is 60.6 Å². The fourth-order valence-electron chi connectivity index (χ4n) is 2.10. The maximum absolute atomic E-state index is 13.5. The first-order chi connectivity index (χ1) is 14.4. The zero-order valence-electron chi connectivity index (χ0n) is 18.9. The maximum Gasteiger partial charge on any atom is 0.316 e. The summed E-state index contributed by atoms with van der Waals surface area (Å²) in [4.78, 5) is 22.1. The Morgan fingerprint density at radius 1 is 0.968 bits per heavy atom. The van der Waals surface area contributed by atoms with Gasteiger partial charge in [-0.05, 0) is 19.8 Å². The van der Waals surface area contributed by atoms with Crippen molar-refractivity contribution in [2.75, 3.05) is 14.2 Å². The summed E-state index contributed by atoms with van der Waals surface area (Å²) in [6.45, 7) is 10.8. The zero-order valence-corrected chi connectivity index (χ0v) is 21.1. The standard InChI is InChI=1S/C10H14FNO3.C7H8FNO3.C3H7I/c1-5(2)7(10(13)14-4)9-8(11)6(3)12-15-9;1-4-7(8)5(12-9-4)3-6(10)11-2;1-3(2)4/h5,7H,1-4H3;3H2,1-2H3;3H,1-2H3. The third-order valence-electron chi connectivity index (χ3n) is 3.61. The van der Waals surface area contributed by atoms with E-state index in [1.54, 1.807) is 13.8 Å². The van der Waals surface area contributed by atoms with Gasteiger partial charge in [0.2, 0.25) is 0 Å². The molecule has 31 heavy (non-hydrogen) atoms. The second-order valence-corrected chi connectivity index (χ2v) is 9.45. The van der Waals surface area contributed by atoms with Crippen molar-refractivity contribution in [2.24, 2.45) is 5.92 Å². The van der Waals surface area contributed by atoms with E-state index in [9.17, 15) is 18.4 Å². The number of rotatable bonds is 5. The van der Waals surface area contributed by atoms with Crippen LogP contribution in [0.25, 0.3) is 0 Å². The van der Waals surface area contributed by atoms with Crippen molar-refractivity contribution in [1.82, 2.24) is 10.3 Å². The summed E-state index contributed by atoms with van der Waals surface area (Å²) >= 11 is 2.34. The molecule has 8 nitrogen and oxygen atoms in total. The number of methoxy groups -OCH3 is 2. The van der Waals surface area contributed by atoms with E-state index in [1.165, 1.54) is 28.1 Å². The van der Waals surface area contributed by atoms with Gasteiger partial charge in [-0.15, -0.1) is 0 Å². The number of hydrogen-bond donors (Lipinski definition) is 0. The van der Waals surface area contributed by atoms with Crippen LogP contribution in [0.15, 0.2) is 9.05 Å². The second-order valence-electron chi connectivity index (χ2n) is 6.96. The fraction of sp³-hybridized carbons (Fsp3) is 0.600. The van der Waals surface area contributed by atoms with Crippen LogP contribution in [0.1, 0.15) is 56.5 Å². The molecular formula is C20H29F2IN2O6. The third-order valence-corrected chi connectivity index (χ3v) is 3.61. The van der Waals surface area contributed by atoms with Crippen molar-refractivity contribution in [3.63, 3.8) is 0 Å². The van der Waals surface area contributed by atoms with E-state index in [0.717, 1.165) is 3.92 Å². The van der Waals surface area contributed by atoms with E-state index in [0.29, 0.717) is 0 Å². The molecule has 0 bridgehead atoms. The molecule has 0 saturated carbocycles. The lowest BCUT2D eigenvalue weighted by Gasteiger charge is -2.14. The predicted octanol–water partition coefficient (Wildman–Crippen LogP) is 4.70. The molecular weight excluding hydrogens is 529 g/mol. The number of hydrogen-bond acceptors (Lipinski definition) is 8. The van der Waals surface area contributed by atoms with Crippen molar-refractivity contribution in [2.45, 2.75) is 57.8 Å². The molecule has 0 amide bonds. The monoisotopic (exact) mass is 558 g/mol. The molecule has 0 spiro atoms. The molecule has 0 saturated heterocycles. The Morgan fingerprint density at radius 2 is 1.45 bits per heavy atom. The predicted molar refractivity (Wildman–Crippen MR) is 117 cm³/mol. The van der Waals surface area contributed by atoms with Crippen LogP contribution in [-0.2, 0) is 25.5 Å². The van der Waals surface area contributed by atoms with Gasteiger partial charge >= 0.3 is 11.9 Å². The average molecular weight is 558 g/mol. The van der Waals surface area contributed by atoms with Gasteiger partial charge in [0.25, 0.3) is 0 Å². The lowest BCUT2D eigenvalue weighted by molar-refractivity contribution is -0.144. The molecule has 0 radical (unpaired) electrons. The van der Waals surface area contributed by atoms with Gasteiger partial charge in [0.05, 0.1) is 14.2 Å². The Morgan fingerprint density at radius 3 is 1.77 bits per heavy atom. The maximum atomic E-state index is 13.5. The van der Waals surface area contributed by atoms with Crippen molar-refractivity contribution < 1.29 is 36.9 Å². The fourth-order valence-corrected chi connectivity index (χ4v) is 2.10. The number of halogens is 3. The van der Waals surface area contributed by atoms with Crippen molar-refractivity contribution in [1.29, 1.82) is 0 Å². The van der Waals surface area contributed by atoms with Crippen molar-refractivity contribution in [3.05, 3.63) is 34.5 Å². The van der Waals surface area contributed by atoms with Gasteiger partial charge in [-0.25, -0.2) is 8.78 Å². The molecule has 2 rings (SSSR count). The van der Waals surface area contributed by atoms with Crippen LogP contribution >= 0.6 is 22.6 Å². The molecule has 1 unspecified atom stereocenters. The number of aromatic nitrogens is 2. The number of alkyl halides is 1. The molecule has 176 valence electrons. The minimum atomic E-state index is -0.740. The number of esters is 2. The Hall–Kier alpha value is -2.05. The summed E-state index contributed by atoms with van der Waals surface area (Å²) in [5.74, 6) is -3.20. The summed E-state index contributed by atoms with van der Waals surface area (Å²) in [7, 11) is 2.49. The minimum Gasteiger partial charge on any atom is -0.469 e. The van der Waals surface area contributed by atoms with E-state index in [1.807, 2.05) is 0 Å². The molecule has 2 aromatic rings. The average Bonchev–Trinajstić information content (AvgIpc) is 3.18. The minimum absolute atomic E-state index is 0.0469. The van der Waals surface area contributed by atoms with Crippen LogP contribution in [0.2, 0.25) is 0 Å². The summed E-state index contributed by atoms with van der Waals surface area (Å²) < 4.78 is 45.5. The number of nitrogens with zero attached hydrogens (tertiary/aromatic N) is 2. The molecule has 2 aromatic heterocycles. The smallest absolute Gasteiger partial charge is 0.316 e. The largest absolute Gasteiger partial charge is 0.469 e. The highest BCUT2D eigenvalue weighted by molar-refractivity contribution is 14.1. The number of carbonyl (C=O) groups excluding carboxylic acids is 2.